The van der Waals surface area contributed by atoms with Crippen molar-refractivity contribution in [2.45, 2.75) is 52.4 Å². The van der Waals surface area contributed by atoms with E-state index in [4.69, 9.17) is 24.4 Å². The van der Waals surface area contributed by atoms with E-state index >= 15 is 0 Å². The van der Waals surface area contributed by atoms with Gasteiger partial charge in [-0.2, -0.15) is 0 Å². The highest BCUT2D eigenvalue weighted by Gasteiger charge is 2.53. The van der Waals surface area contributed by atoms with Gasteiger partial charge in [-0.15, -0.1) is 0 Å². The molecule has 60 heavy (non-hydrogen) atoms. The summed E-state index contributed by atoms with van der Waals surface area (Å²) in [6, 6.07) is 27.8. The third kappa shape index (κ3) is 9.76. The fourth-order valence-corrected chi connectivity index (χ4v) is 7.15. The number of carbonyl (C=O) groups is 3. The highest BCUT2D eigenvalue weighted by atomic mass is 16.7. The number of benzene rings is 4. The summed E-state index contributed by atoms with van der Waals surface area (Å²) in [5.74, 6) is 0.550. The van der Waals surface area contributed by atoms with Crippen molar-refractivity contribution < 1.29 is 33.0 Å². The lowest BCUT2D eigenvalue weighted by Gasteiger charge is -2.31. The molecule has 7 rings (SSSR count). The van der Waals surface area contributed by atoms with Crippen LogP contribution in [0.3, 0.4) is 0 Å². The minimum atomic E-state index is -1.65. The third-order valence-corrected chi connectivity index (χ3v) is 10.1. The predicted molar refractivity (Wildman–Crippen MR) is 233 cm³/mol. The molecule has 4 aromatic carbocycles. The van der Waals surface area contributed by atoms with Gasteiger partial charge in [0, 0.05) is 41.8 Å². The Labute approximate surface area is 349 Å². The third-order valence-electron chi connectivity index (χ3n) is 10.1. The molecule has 1 aromatic heterocycles. The lowest BCUT2D eigenvalue weighted by Crippen LogP contribution is -2.57. The minimum absolute atomic E-state index is 0.0935. The number of amides is 4. The second kappa shape index (κ2) is 19.4. The number of nitrogen functional groups attached to an aromatic ring is 1. The molecule has 0 bridgehead atoms. The second-order valence-corrected chi connectivity index (χ2v) is 14.5. The first-order valence-electron chi connectivity index (χ1n) is 19.9. The standard InChI is InChI=1S/C31H38N4O5.C16H13NO3/c1-5-39-28(40-6-2)20-35-26-10-8-7-9-25(26)31(29(35)37,19-27(36)32-23-15-11-21(3)12-16-23)34-30(38)33-24-17-13-22(4)14-18-24;1-19-14-8-4-6-11(16(14)17)15-9-12(18)10-5-2-3-7-13(10)20-15/h7-11,13-18,21,28H,5-6,12,19-20H2,1-4H3,(H,32,36)(H2,33,34,38);2-9H,17H2,1H3/t21?,31-;/m1./s1. The molecule has 0 spiro atoms. The number of hydrogen-bond donors (Lipinski definition) is 4. The number of aryl methyl sites for hydroxylation is 1. The van der Waals surface area contributed by atoms with Crippen molar-refractivity contribution in [2.24, 2.45) is 5.92 Å². The Kier molecular flexibility index (Phi) is 13.8. The molecule has 1 unspecified atom stereocenters. The molecule has 312 valence electrons. The Hall–Kier alpha value is -6.70. The lowest BCUT2D eigenvalue weighted by molar-refractivity contribution is -0.138. The largest absolute Gasteiger partial charge is 0.495 e. The van der Waals surface area contributed by atoms with Crippen LogP contribution in [0, 0.1) is 12.8 Å². The molecule has 5 aromatic rings. The van der Waals surface area contributed by atoms with Crippen LogP contribution in [-0.4, -0.2) is 51.0 Å². The Balaban J connectivity index is 0.000000251. The quantitative estimate of drug-likeness (QED) is 0.0683. The number of hydrogen-bond acceptors (Lipinski definition) is 9. The van der Waals surface area contributed by atoms with Crippen LogP contribution >= 0.6 is 0 Å². The minimum Gasteiger partial charge on any atom is -0.495 e. The molecule has 2 heterocycles. The van der Waals surface area contributed by atoms with Gasteiger partial charge >= 0.3 is 6.03 Å². The number of carbonyl (C=O) groups excluding carboxylic acids is 3. The molecule has 4 amide bonds. The molecule has 0 saturated heterocycles. The fraction of sp³-hybridized carbons (Fsp3) is 0.277. The highest BCUT2D eigenvalue weighted by molar-refractivity contribution is 6.12. The Morgan fingerprint density at radius 1 is 0.933 bits per heavy atom. The van der Waals surface area contributed by atoms with E-state index in [0.717, 1.165) is 12.0 Å². The maximum absolute atomic E-state index is 14.3. The van der Waals surface area contributed by atoms with E-state index in [-0.39, 0.29) is 18.4 Å². The zero-order chi connectivity index (χ0) is 42.8. The zero-order valence-electron chi connectivity index (χ0n) is 34.5. The van der Waals surface area contributed by atoms with Crippen LogP contribution in [0.25, 0.3) is 22.3 Å². The van der Waals surface area contributed by atoms with Gasteiger partial charge in [0.2, 0.25) is 5.91 Å². The second-order valence-electron chi connectivity index (χ2n) is 14.5. The van der Waals surface area contributed by atoms with Crippen molar-refractivity contribution in [3.63, 3.8) is 0 Å². The van der Waals surface area contributed by atoms with Crippen LogP contribution in [0.1, 0.15) is 44.7 Å². The summed E-state index contributed by atoms with van der Waals surface area (Å²) in [5, 5.41) is 9.15. The van der Waals surface area contributed by atoms with Crippen molar-refractivity contribution in [3.05, 3.63) is 142 Å². The average Bonchev–Trinajstić information content (AvgIpc) is 3.45. The van der Waals surface area contributed by atoms with Gasteiger partial charge in [0.15, 0.2) is 17.3 Å². The lowest BCUT2D eigenvalue weighted by atomic mass is 9.87. The van der Waals surface area contributed by atoms with E-state index in [1.165, 1.54) is 11.0 Å². The molecule has 2 aliphatic rings. The van der Waals surface area contributed by atoms with Crippen LogP contribution in [0.2, 0.25) is 0 Å². The van der Waals surface area contributed by atoms with Gasteiger partial charge in [-0.1, -0.05) is 73.2 Å². The van der Waals surface area contributed by atoms with Gasteiger partial charge in [-0.05, 0) is 81.7 Å². The molecule has 13 nitrogen and oxygen atoms in total. The fourth-order valence-electron chi connectivity index (χ4n) is 7.15. The van der Waals surface area contributed by atoms with Gasteiger partial charge in [0.25, 0.3) is 5.91 Å². The topological polar surface area (TPSA) is 174 Å². The van der Waals surface area contributed by atoms with E-state index in [2.05, 4.69) is 22.9 Å². The normalized spacial score (nSPS) is 16.8. The van der Waals surface area contributed by atoms with Crippen LogP contribution in [0.4, 0.5) is 21.9 Å². The number of urea groups is 1. The van der Waals surface area contributed by atoms with Crippen molar-refractivity contribution >= 4 is 45.9 Å². The highest BCUT2D eigenvalue weighted by Crippen LogP contribution is 2.43. The SMILES string of the molecule is CCOC(CN1C(=O)[C@](CC(=O)NC2=CCC(C)C=C2)(NC(=O)Nc2ccc(C)cc2)c2ccccc21)OCC.COc1cccc(-c2cc(=O)c3ccccc3o2)c1N. The Morgan fingerprint density at radius 3 is 2.35 bits per heavy atom. The number of nitrogens with two attached hydrogens (primary N) is 1. The van der Waals surface area contributed by atoms with E-state index in [1.54, 1.807) is 73.8 Å². The zero-order valence-corrected chi connectivity index (χ0v) is 34.5. The molecular weight excluding hydrogens is 763 g/mol. The summed E-state index contributed by atoms with van der Waals surface area (Å²) in [6.45, 7) is 8.67. The van der Waals surface area contributed by atoms with Crippen molar-refractivity contribution in [1.82, 2.24) is 10.6 Å². The van der Waals surface area contributed by atoms with Crippen molar-refractivity contribution in [2.75, 3.05) is 42.8 Å². The summed E-state index contributed by atoms with van der Waals surface area (Å²) in [6.07, 6.45) is 5.69. The number of nitrogens with one attached hydrogen (secondary N) is 3. The van der Waals surface area contributed by atoms with Crippen LogP contribution in [-0.2, 0) is 24.6 Å². The molecule has 0 saturated carbocycles. The van der Waals surface area contributed by atoms with Gasteiger partial charge in [0.1, 0.15) is 17.1 Å². The monoisotopic (exact) mass is 813 g/mol. The number of anilines is 3. The first-order valence-corrected chi connectivity index (χ1v) is 19.9. The number of ether oxygens (including phenoxy) is 3. The van der Waals surface area contributed by atoms with Gasteiger partial charge < -0.3 is 45.2 Å². The van der Waals surface area contributed by atoms with Crippen LogP contribution in [0.15, 0.2) is 130 Å². The number of fused-ring (bicyclic) bond motifs is 2. The first-order chi connectivity index (χ1) is 29.0. The molecule has 2 atom stereocenters. The number of rotatable bonds is 13. The molecular formula is C47H51N5O8. The smallest absolute Gasteiger partial charge is 0.320 e. The summed E-state index contributed by atoms with van der Waals surface area (Å²) in [5.41, 5.74) is 9.34. The molecule has 0 fully saturated rings. The molecule has 5 N–H and O–H groups in total. The number of allylic oxidation sites excluding steroid dienone is 3. The summed E-state index contributed by atoms with van der Waals surface area (Å²) >= 11 is 0. The van der Waals surface area contributed by atoms with Gasteiger partial charge in [0.05, 0.1) is 36.8 Å². The molecule has 13 heteroatoms. The van der Waals surface area contributed by atoms with Crippen molar-refractivity contribution in [3.8, 4) is 17.1 Å². The Morgan fingerprint density at radius 2 is 1.65 bits per heavy atom. The van der Waals surface area contributed by atoms with Gasteiger partial charge in [-0.3, -0.25) is 14.4 Å². The van der Waals surface area contributed by atoms with Crippen LogP contribution in [0.5, 0.6) is 5.75 Å². The summed E-state index contributed by atoms with van der Waals surface area (Å²) in [4.78, 5) is 54.7. The van der Waals surface area contributed by atoms with E-state index in [0.29, 0.717) is 75.5 Å². The van der Waals surface area contributed by atoms with E-state index in [1.807, 2.05) is 63.3 Å². The predicted octanol–water partition coefficient (Wildman–Crippen LogP) is 7.79. The first kappa shape index (κ1) is 42.9. The maximum Gasteiger partial charge on any atom is 0.320 e. The summed E-state index contributed by atoms with van der Waals surface area (Å²) < 4.78 is 22.4. The number of para-hydroxylation sites is 3. The van der Waals surface area contributed by atoms with E-state index < -0.39 is 29.7 Å². The maximum atomic E-state index is 14.3. The molecule has 1 aliphatic heterocycles. The number of methoxy groups -OCH3 is 1. The van der Waals surface area contributed by atoms with Gasteiger partial charge in [-0.25, -0.2) is 4.79 Å². The van der Waals surface area contributed by atoms with Crippen LogP contribution < -0.4 is 36.7 Å². The van der Waals surface area contributed by atoms with Crippen molar-refractivity contribution in [1.29, 1.82) is 0 Å². The number of nitrogens with zero attached hydrogens (tertiary/aromatic N) is 1. The summed E-state index contributed by atoms with van der Waals surface area (Å²) in [7, 11) is 1.55. The molecule has 0 radical (unpaired) electrons. The molecule has 1 aliphatic carbocycles. The average molecular weight is 814 g/mol. The van der Waals surface area contributed by atoms with E-state index in [9.17, 15) is 19.2 Å². The Bertz CT molecular complexity index is 2450.